The van der Waals surface area contributed by atoms with Gasteiger partial charge in [0.25, 0.3) is 0 Å². The third kappa shape index (κ3) is 4.47. The highest BCUT2D eigenvalue weighted by Gasteiger charge is 2.29. The van der Waals surface area contributed by atoms with Gasteiger partial charge in [0.2, 0.25) is 5.95 Å². The van der Waals surface area contributed by atoms with Crippen LogP contribution < -0.4 is 20.7 Å². The molecule has 2 aliphatic rings. The Kier molecular flexibility index (Phi) is 5.94. The second-order valence-corrected chi connectivity index (χ2v) is 8.97. The molecule has 1 unspecified atom stereocenters. The van der Waals surface area contributed by atoms with Crippen LogP contribution in [0.15, 0.2) is 48.8 Å². The number of nitrogens with one attached hydrogen (secondary N) is 3. The molecule has 0 amide bonds. The van der Waals surface area contributed by atoms with Crippen LogP contribution in [0.4, 0.5) is 21.8 Å². The van der Waals surface area contributed by atoms with Crippen molar-refractivity contribution in [1.82, 2.24) is 30.0 Å². The van der Waals surface area contributed by atoms with Gasteiger partial charge in [-0.1, -0.05) is 12.1 Å². The SMILES string of the molecule is Cc1ncn(-c2ccc3cc2OCCNCCNc2nc(nc4c2CCC4c2ccc(F)cc2)N3)n1. The highest BCUT2D eigenvalue weighted by molar-refractivity contribution is 5.64. The lowest BCUT2D eigenvalue weighted by molar-refractivity contribution is 0.313. The Labute approximate surface area is 208 Å². The van der Waals surface area contributed by atoms with Gasteiger partial charge < -0.3 is 20.7 Å². The van der Waals surface area contributed by atoms with Crippen molar-refractivity contribution < 1.29 is 9.13 Å². The van der Waals surface area contributed by atoms with Crippen LogP contribution in [-0.2, 0) is 6.42 Å². The van der Waals surface area contributed by atoms with Crippen LogP contribution in [0.1, 0.15) is 35.0 Å². The molecule has 3 heterocycles. The van der Waals surface area contributed by atoms with Gasteiger partial charge in [-0.05, 0) is 49.6 Å². The van der Waals surface area contributed by atoms with Crippen LogP contribution in [-0.4, -0.2) is 51.0 Å². The first-order valence-electron chi connectivity index (χ1n) is 12.2. The number of halogens is 1. The van der Waals surface area contributed by atoms with Crippen molar-refractivity contribution in [2.75, 3.05) is 36.9 Å². The average Bonchev–Trinajstić information content (AvgIpc) is 3.50. The predicted molar refractivity (Wildman–Crippen MR) is 135 cm³/mol. The first-order chi connectivity index (χ1) is 17.6. The van der Waals surface area contributed by atoms with Gasteiger partial charge in [-0.3, -0.25) is 0 Å². The number of anilines is 3. The van der Waals surface area contributed by atoms with Crippen molar-refractivity contribution in [2.45, 2.75) is 25.7 Å². The highest BCUT2D eigenvalue weighted by Crippen LogP contribution is 2.40. The first kappa shape index (κ1) is 22.4. The molecule has 1 atom stereocenters. The Bertz CT molecular complexity index is 1390. The lowest BCUT2D eigenvalue weighted by Gasteiger charge is -2.18. The van der Waals surface area contributed by atoms with Crippen LogP contribution in [0.2, 0.25) is 0 Å². The first-order valence-corrected chi connectivity index (χ1v) is 12.2. The summed E-state index contributed by atoms with van der Waals surface area (Å²) in [5, 5.41) is 14.7. The van der Waals surface area contributed by atoms with Gasteiger partial charge in [-0.15, -0.1) is 0 Å². The Morgan fingerprint density at radius 1 is 1.06 bits per heavy atom. The second kappa shape index (κ2) is 9.54. The smallest absolute Gasteiger partial charge is 0.229 e. The van der Waals surface area contributed by atoms with Gasteiger partial charge >= 0.3 is 0 Å². The van der Waals surface area contributed by atoms with Crippen LogP contribution in [0.25, 0.3) is 5.69 Å². The van der Waals surface area contributed by atoms with Crippen molar-refractivity contribution in [3.05, 3.63) is 77.3 Å². The summed E-state index contributed by atoms with van der Waals surface area (Å²) in [6.45, 7) is 4.56. The number of aryl methyl sites for hydroxylation is 1. The zero-order valence-electron chi connectivity index (χ0n) is 20.0. The number of benzene rings is 2. The highest BCUT2D eigenvalue weighted by atomic mass is 19.1. The number of hydrogen-bond acceptors (Lipinski definition) is 8. The van der Waals surface area contributed by atoms with Gasteiger partial charge in [-0.25, -0.2) is 19.0 Å². The van der Waals surface area contributed by atoms with Gasteiger partial charge in [-0.2, -0.15) is 10.1 Å². The number of rotatable bonds is 2. The summed E-state index contributed by atoms with van der Waals surface area (Å²) in [6.07, 6.45) is 3.46. The molecule has 2 aromatic carbocycles. The average molecular weight is 487 g/mol. The Morgan fingerprint density at radius 2 is 1.94 bits per heavy atom. The molecule has 0 spiro atoms. The fourth-order valence-electron chi connectivity index (χ4n) is 4.80. The summed E-state index contributed by atoms with van der Waals surface area (Å²) < 4.78 is 21.4. The summed E-state index contributed by atoms with van der Waals surface area (Å²) >= 11 is 0. The molecule has 4 aromatic rings. The zero-order valence-corrected chi connectivity index (χ0v) is 20.0. The standard InChI is InChI=1S/C26H27FN8O/c1-16-30-15-35(34-16)22-9-6-19-14-23(22)36-13-12-28-10-11-29-25-21-8-7-20(17-2-4-18(27)5-3-17)24(21)32-26(31-19)33-25/h2-6,9,14-15,20,28H,7-8,10-13H2,1H3,(H2,29,31,32,33). The molecule has 36 heavy (non-hydrogen) atoms. The second-order valence-electron chi connectivity index (χ2n) is 8.97. The van der Waals surface area contributed by atoms with E-state index in [0.29, 0.717) is 30.7 Å². The molecule has 4 bridgehead atoms. The van der Waals surface area contributed by atoms with E-state index in [1.54, 1.807) is 11.0 Å². The molecule has 1 aliphatic carbocycles. The molecule has 9 nitrogen and oxygen atoms in total. The van der Waals surface area contributed by atoms with Crippen molar-refractivity contribution in [2.24, 2.45) is 0 Å². The van der Waals surface area contributed by atoms with E-state index in [0.717, 1.165) is 59.9 Å². The van der Waals surface area contributed by atoms with E-state index >= 15 is 0 Å². The molecule has 0 saturated carbocycles. The van der Waals surface area contributed by atoms with E-state index < -0.39 is 0 Å². The molecule has 1 aliphatic heterocycles. The summed E-state index contributed by atoms with van der Waals surface area (Å²) in [4.78, 5) is 14.0. The number of fused-ring (bicyclic) bond motifs is 6. The topological polar surface area (TPSA) is 102 Å². The molecule has 0 radical (unpaired) electrons. The van der Waals surface area contributed by atoms with Crippen LogP contribution in [0.5, 0.6) is 5.75 Å². The van der Waals surface area contributed by atoms with E-state index in [4.69, 9.17) is 14.7 Å². The van der Waals surface area contributed by atoms with E-state index in [2.05, 4.69) is 26.0 Å². The largest absolute Gasteiger partial charge is 0.490 e. The quantitative estimate of drug-likeness (QED) is 0.394. The summed E-state index contributed by atoms with van der Waals surface area (Å²) in [7, 11) is 0. The zero-order chi connectivity index (χ0) is 24.5. The molecule has 0 saturated heterocycles. The van der Waals surface area contributed by atoms with Crippen molar-refractivity contribution in [3.63, 3.8) is 0 Å². The van der Waals surface area contributed by atoms with E-state index in [-0.39, 0.29) is 11.7 Å². The maximum Gasteiger partial charge on any atom is 0.229 e. The summed E-state index contributed by atoms with van der Waals surface area (Å²) in [5.41, 5.74) is 4.78. The minimum absolute atomic E-state index is 0.0959. The molecule has 184 valence electrons. The fourth-order valence-corrected chi connectivity index (χ4v) is 4.80. The summed E-state index contributed by atoms with van der Waals surface area (Å²) in [6, 6.07) is 12.5. The minimum Gasteiger partial charge on any atom is -0.490 e. The maximum atomic E-state index is 13.5. The van der Waals surface area contributed by atoms with Crippen LogP contribution in [0.3, 0.4) is 0 Å². The van der Waals surface area contributed by atoms with Crippen LogP contribution in [0, 0.1) is 12.7 Å². The lowest BCUT2D eigenvalue weighted by Crippen LogP contribution is -2.27. The van der Waals surface area contributed by atoms with E-state index in [1.807, 2.05) is 37.3 Å². The van der Waals surface area contributed by atoms with Gasteiger partial charge in [0, 0.05) is 42.9 Å². The molecule has 2 aromatic heterocycles. The van der Waals surface area contributed by atoms with Crippen molar-refractivity contribution in [1.29, 1.82) is 0 Å². The molecule has 3 N–H and O–H groups in total. The molecular formula is C26H27FN8O. The van der Waals surface area contributed by atoms with Crippen LogP contribution >= 0.6 is 0 Å². The van der Waals surface area contributed by atoms with E-state index in [9.17, 15) is 4.39 Å². The van der Waals surface area contributed by atoms with Crippen molar-refractivity contribution >= 4 is 17.5 Å². The number of ether oxygens (including phenoxy) is 1. The van der Waals surface area contributed by atoms with Gasteiger partial charge in [0.1, 0.15) is 41.8 Å². The fraction of sp³-hybridized carbons (Fsp3) is 0.308. The summed E-state index contributed by atoms with van der Waals surface area (Å²) in [5.74, 6) is 2.59. The Morgan fingerprint density at radius 3 is 2.78 bits per heavy atom. The Hall–Kier alpha value is -4.05. The third-order valence-corrected chi connectivity index (χ3v) is 6.52. The number of hydrogen-bond donors (Lipinski definition) is 3. The number of nitrogens with zero attached hydrogens (tertiary/aromatic N) is 5. The van der Waals surface area contributed by atoms with E-state index in [1.165, 1.54) is 12.1 Å². The monoisotopic (exact) mass is 486 g/mol. The lowest BCUT2D eigenvalue weighted by atomic mass is 9.97. The number of aromatic nitrogens is 5. The normalized spacial score (nSPS) is 17.3. The molecular weight excluding hydrogens is 459 g/mol. The predicted octanol–water partition coefficient (Wildman–Crippen LogP) is 3.72. The maximum absolute atomic E-state index is 13.5. The van der Waals surface area contributed by atoms with Gasteiger partial charge in [0.05, 0.1) is 5.69 Å². The minimum atomic E-state index is -0.235. The third-order valence-electron chi connectivity index (χ3n) is 6.52. The van der Waals surface area contributed by atoms with Crippen molar-refractivity contribution in [3.8, 4) is 11.4 Å². The van der Waals surface area contributed by atoms with Gasteiger partial charge in [0.15, 0.2) is 0 Å². The Balaban J connectivity index is 1.39. The molecule has 0 fully saturated rings. The molecule has 10 heteroatoms. The molecule has 6 rings (SSSR count).